The third kappa shape index (κ3) is 4.23. The molecule has 0 bridgehead atoms. The number of carboxylic acids is 1. The Morgan fingerprint density at radius 1 is 1.32 bits per heavy atom. The molecule has 0 fully saturated rings. The van der Waals surface area contributed by atoms with E-state index in [2.05, 4.69) is 10.5 Å². The van der Waals surface area contributed by atoms with Crippen molar-refractivity contribution in [3.05, 3.63) is 58.6 Å². The number of benzene rings is 2. The zero-order chi connectivity index (χ0) is 15.9. The molecule has 0 saturated heterocycles. The van der Waals surface area contributed by atoms with Gasteiger partial charge in [0.15, 0.2) is 0 Å². The van der Waals surface area contributed by atoms with Crippen LogP contribution >= 0.6 is 11.6 Å². The lowest BCUT2D eigenvalue weighted by atomic mass is 10.2. The zero-order valence-corrected chi connectivity index (χ0v) is 12.7. The van der Waals surface area contributed by atoms with Crippen molar-refractivity contribution < 1.29 is 14.6 Å². The van der Waals surface area contributed by atoms with Gasteiger partial charge >= 0.3 is 5.97 Å². The van der Waals surface area contributed by atoms with Crippen molar-refractivity contribution in [1.82, 2.24) is 0 Å². The molecule has 0 aliphatic heterocycles. The van der Waals surface area contributed by atoms with E-state index >= 15 is 0 Å². The van der Waals surface area contributed by atoms with Gasteiger partial charge in [-0.2, -0.15) is 5.10 Å². The second kappa shape index (κ2) is 7.47. The number of hydrazone groups is 1. The van der Waals surface area contributed by atoms with Gasteiger partial charge in [0.1, 0.15) is 5.75 Å². The highest BCUT2D eigenvalue weighted by Gasteiger charge is 2.08. The van der Waals surface area contributed by atoms with Gasteiger partial charge in [-0.1, -0.05) is 11.6 Å². The molecule has 2 aromatic rings. The average molecular weight is 319 g/mol. The lowest BCUT2D eigenvalue weighted by molar-refractivity contribution is 0.0697. The molecule has 0 spiro atoms. The first-order valence-corrected chi connectivity index (χ1v) is 7.02. The van der Waals surface area contributed by atoms with E-state index in [9.17, 15) is 4.79 Å². The number of hydrogen-bond donors (Lipinski definition) is 2. The van der Waals surface area contributed by atoms with Crippen LogP contribution in [0.1, 0.15) is 22.8 Å². The third-order valence-corrected chi connectivity index (χ3v) is 3.12. The summed E-state index contributed by atoms with van der Waals surface area (Å²) in [5.41, 5.74) is 4.24. The van der Waals surface area contributed by atoms with Gasteiger partial charge in [-0.15, -0.1) is 0 Å². The minimum atomic E-state index is -1.08. The van der Waals surface area contributed by atoms with Gasteiger partial charge in [0.05, 0.1) is 29.1 Å². The minimum Gasteiger partial charge on any atom is -0.494 e. The molecule has 0 unspecified atom stereocenters. The predicted octanol–water partition coefficient (Wildman–Crippen LogP) is 3.88. The first kappa shape index (κ1) is 15.9. The molecule has 2 aromatic carbocycles. The van der Waals surface area contributed by atoms with Crippen molar-refractivity contribution in [3.63, 3.8) is 0 Å². The Balaban J connectivity index is 2.03. The van der Waals surface area contributed by atoms with Crippen molar-refractivity contribution in [2.45, 2.75) is 6.92 Å². The number of carbonyl (C=O) groups is 1. The molecule has 0 atom stereocenters. The molecular formula is C16H15ClN2O3. The Labute approximate surface area is 133 Å². The molecule has 5 nitrogen and oxygen atoms in total. The SMILES string of the molecule is CCOc1ccc(/C=N\Nc2ccc(Cl)c(C(=O)O)c2)cc1. The molecule has 2 N–H and O–H groups in total. The maximum Gasteiger partial charge on any atom is 0.337 e. The Hall–Kier alpha value is -2.53. The van der Waals surface area contributed by atoms with E-state index in [4.69, 9.17) is 21.4 Å². The van der Waals surface area contributed by atoms with Gasteiger partial charge in [0, 0.05) is 0 Å². The molecule has 0 radical (unpaired) electrons. The molecule has 114 valence electrons. The summed E-state index contributed by atoms with van der Waals surface area (Å²) in [6.07, 6.45) is 1.63. The fourth-order valence-corrected chi connectivity index (χ4v) is 1.96. The molecule has 22 heavy (non-hydrogen) atoms. The van der Waals surface area contributed by atoms with Gasteiger partial charge in [0.25, 0.3) is 0 Å². The van der Waals surface area contributed by atoms with Crippen LogP contribution in [0.4, 0.5) is 5.69 Å². The van der Waals surface area contributed by atoms with Crippen LogP contribution in [0.25, 0.3) is 0 Å². The number of nitrogens with one attached hydrogen (secondary N) is 1. The number of halogens is 1. The summed E-state index contributed by atoms with van der Waals surface area (Å²) in [5, 5.41) is 13.3. The molecule has 0 heterocycles. The van der Waals surface area contributed by atoms with Crippen molar-refractivity contribution in [1.29, 1.82) is 0 Å². The molecule has 0 amide bonds. The van der Waals surface area contributed by atoms with E-state index in [0.29, 0.717) is 12.3 Å². The van der Waals surface area contributed by atoms with E-state index in [-0.39, 0.29) is 10.6 Å². The second-order valence-corrected chi connectivity index (χ2v) is 4.78. The smallest absolute Gasteiger partial charge is 0.337 e. The van der Waals surface area contributed by atoms with Crippen molar-refractivity contribution in [3.8, 4) is 5.75 Å². The first-order chi connectivity index (χ1) is 10.6. The quantitative estimate of drug-likeness (QED) is 0.626. The van der Waals surface area contributed by atoms with E-state index in [1.54, 1.807) is 12.3 Å². The average Bonchev–Trinajstić information content (AvgIpc) is 2.51. The van der Waals surface area contributed by atoms with Crippen LogP contribution in [0.15, 0.2) is 47.6 Å². The number of nitrogens with zero attached hydrogens (tertiary/aromatic N) is 1. The van der Waals surface area contributed by atoms with Crippen LogP contribution in [0.2, 0.25) is 5.02 Å². The van der Waals surface area contributed by atoms with Crippen LogP contribution in [0, 0.1) is 0 Å². The van der Waals surface area contributed by atoms with Crippen LogP contribution in [-0.2, 0) is 0 Å². The summed E-state index contributed by atoms with van der Waals surface area (Å²) < 4.78 is 5.35. The van der Waals surface area contributed by atoms with Crippen molar-refractivity contribution in [2.24, 2.45) is 5.10 Å². The Morgan fingerprint density at radius 3 is 2.68 bits per heavy atom. The standard InChI is InChI=1S/C16H15ClN2O3/c1-2-22-13-6-3-11(4-7-13)10-18-19-12-5-8-15(17)14(9-12)16(20)21/h3-10,19H,2H2,1H3,(H,20,21)/b18-10-. The fraction of sp³-hybridized carbons (Fsp3) is 0.125. The molecular weight excluding hydrogens is 304 g/mol. The fourth-order valence-electron chi connectivity index (χ4n) is 1.76. The molecule has 0 aliphatic rings. The Morgan fingerprint density at radius 2 is 2.05 bits per heavy atom. The van der Waals surface area contributed by atoms with Gasteiger partial charge in [-0.25, -0.2) is 4.79 Å². The van der Waals surface area contributed by atoms with E-state index in [1.165, 1.54) is 12.1 Å². The predicted molar refractivity (Wildman–Crippen MR) is 87.2 cm³/mol. The van der Waals surface area contributed by atoms with Gasteiger partial charge in [-0.05, 0) is 55.0 Å². The van der Waals surface area contributed by atoms with Gasteiger partial charge in [-0.3, -0.25) is 5.43 Å². The first-order valence-electron chi connectivity index (χ1n) is 6.65. The molecule has 6 heteroatoms. The largest absolute Gasteiger partial charge is 0.494 e. The maximum atomic E-state index is 11.0. The van der Waals surface area contributed by atoms with Crippen LogP contribution in [0.3, 0.4) is 0 Å². The summed E-state index contributed by atoms with van der Waals surface area (Å²) >= 11 is 5.80. The highest BCUT2D eigenvalue weighted by Crippen LogP contribution is 2.20. The number of aromatic carboxylic acids is 1. The summed E-state index contributed by atoms with van der Waals surface area (Å²) in [7, 11) is 0. The highest BCUT2D eigenvalue weighted by molar-refractivity contribution is 6.33. The number of carboxylic acid groups (broad SMARTS) is 1. The van der Waals surface area contributed by atoms with Gasteiger partial charge < -0.3 is 9.84 Å². The molecule has 0 aromatic heterocycles. The summed E-state index contributed by atoms with van der Waals surface area (Å²) in [6.45, 7) is 2.55. The summed E-state index contributed by atoms with van der Waals surface area (Å²) in [6, 6.07) is 12.1. The summed E-state index contributed by atoms with van der Waals surface area (Å²) in [4.78, 5) is 11.0. The lowest BCUT2D eigenvalue weighted by Crippen LogP contribution is -1.99. The molecule has 0 saturated carbocycles. The highest BCUT2D eigenvalue weighted by atomic mass is 35.5. The Bertz CT molecular complexity index is 684. The lowest BCUT2D eigenvalue weighted by Gasteiger charge is -2.04. The third-order valence-electron chi connectivity index (χ3n) is 2.80. The normalized spacial score (nSPS) is 10.6. The number of ether oxygens (including phenoxy) is 1. The number of rotatable bonds is 6. The van der Waals surface area contributed by atoms with E-state index in [1.807, 2.05) is 31.2 Å². The van der Waals surface area contributed by atoms with E-state index < -0.39 is 5.97 Å². The monoisotopic (exact) mass is 318 g/mol. The molecule has 0 aliphatic carbocycles. The number of anilines is 1. The van der Waals surface area contributed by atoms with Crippen molar-refractivity contribution in [2.75, 3.05) is 12.0 Å². The number of hydrogen-bond acceptors (Lipinski definition) is 4. The van der Waals surface area contributed by atoms with Crippen LogP contribution in [-0.4, -0.2) is 23.9 Å². The van der Waals surface area contributed by atoms with E-state index in [0.717, 1.165) is 11.3 Å². The second-order valence-electron chi connectivity index (χ2n) is 4.37. The zero-order valence-electron chi connectivity index (χ0n) is 11.9. The van der Waals surface area contributed by atoms with Gasteiger partial charge in [0.2, 0.25) is 0 Å². The maximum absolute atomic E-state index is 11.0. The van der Waals surface area contributed by atoms with Crippen LogP contribution in [0.5, 0.6) is 5.75 Å². The Kier molecular flexibility index (Phi) is 5.38. The van der Waals surface area contributed by atoms with Crippen LogP contribution < -0.4 is 10.2 Å². The topological polar surface area (TPSA) is 70.9 Å². The molecule has 2 rings (SSSR count). The minimum absolute atomic E-state index is 0.0305. The summed E-state index contributed by atoms with van der Waals surface area (Å²) in [5.74, 6) is -0.277. The van der Waals surface area contributed by atoms with Crippen molar-refractivity contribution >= 4 is 29.5 Å².